The second-order valence-corrected chi connectivity index (χ2v) is 3.09. The van der Waals surface area contributed by atoms with Gasteiger partial charge in [0, 0.05) is 11.1 Å². The van der Waals surface area contributed by atoms with Crippen LogP contribution in [-0.4, -0.2) is 13.2 Å². The smallest absolute Gasteiger partial charge is 0.184 e. The fourth-order valence-electron chi connectivity index (χ4n) is 1.38. The zero-order chi connectivity index (χ0) is 10.5. The Morgan fingerprint density at radius 3 is 2.40 bits per heavy atom. The summed E-state index contributed by atoms with van der Waals surface area (Å²) in [6.07, 6.45) is 4.82. The Labute approximate surface area is 89.2 Å². The maximum Gasteiger partial charge on any atom is 0.184 e. The van der Waals surface area contributed by atoms with Gasteiger partial charge < -0.3 is 9.47 Å². The van der Waals surface area contributed by atoms with Gasteiger partial charge in [-0.1, -0.05) is 18.1 Å². The minimum Gasteiger partial charge on any atom is -0.346 e. The van der Waals surface area contributed by atoms with Crippen molar-refractivity contribution in [1.82, 2.24) is 0 Å². The van der Waals surface area contributed by atoms with Gasteiger partial charge in [0.25, 0.3) is 0 Å². The van der Waals surface area contributed by atoms with Gasteiger partial charge >= 0.3 is 0 Å². The van der Waals surface area contributed by atoms with Crippen LogP contribution in [0.4, 0.5) is 0 Å². The molecular formula is C13H10O2. The van der Waals surface area contributed by atoms with Crippen molar-refractivity contribution in [2.24, 2.45) is 0 Å². The summed E-state index contributed by atoms with van der Waals surface area (Å²) in [6, 6.07) is 7.70. The van der Waals surface area contributed by atoms with Crippen LogP contribution >= 0.6 is 0 Å². The minimum absolute atomic E-state index is 0.223. The minimum atomic E-state index is -0.223. The van der Waals surface area contributed by atoms with Gasteiger partial charge in [-0.15, -0.1) is 6.42 Å². The lowest BCUT2D eigenvalue weighted by Crippen LogP contribution is -1.97. The normalized spacial score (nSPS) is 15.4. The number of rotatable bonds is 1. The van der Waals surface area contributed by atoms with Gasteiger partial charge in [0.1, 0.15) is 0 Å². The van der Waals surface area contributed by atoms with E-state index < -0.39 is 0 Å². The van der Waals surface area contributed by atoms with Crippen LogP contribution in [0.2, 0.25) is 0 Å². The molecule has 0 aromatic heterocycles. The van der Waals surface area contributed by atoms with Crippen molar-refractivity contribution in [3.63, 3.8) is 0 Å². The van der Waals surface area contributed by atoms with Crippen molar-refractivity contribution in [3.8, 4) is 24.2 Å². The average molecular weight is 198 g/mol. The highest BCUT2D eigenvalue weighted by Crippen LogP contribution is 2.22. The number of benzene rings is 1. The maximum atomic E-state index is 5.37. The van der Waals surface area contributed by atoms with E-state index in [-0.39, 0.29) is 6.29 Å². The zero-order valence-electron chi connectivity index (χ0n) is 8.19. The molecule has 0 amide bonds. The molecule has 0 saturated carbocycles. The van der Waals surface area contributed by atoms with Crippen LogP contribution in [0.5, 0.6) is 0 Å². The van der Waals surface area contributed by atoms with Gasteiger partial charge in [0.2, 0.25) is 0 Å². The molecule has 74 valence electrons. The molecule has 1 fully saturated rings. The second kappa shape index (κ2) is 4.66. The Kier molecular flexibility index (Phi) is 3.05. The molecule has 1 aromatic carbocycles. The molecule has 0 radical (unpaired) electrons. The Bertz CT molecular complexity index is 422. The molecule has 2 nitrogen and oxygen atoms in total. The fourth-order valence-corrected chi connectivity index (χ4v) is 1.38. The monoisotopic (exact) mass is 198 g/mol. The van der Waals surface area contributed by atoms with Crippen molar-refractivity contribution in [3.05, 3.63) is 35.4 Å². The number of ether oxygens (including phenoxy) is 2. The molecule has 15 heavy (non-hydrogen) atoms. The van der Waals surface area contributed by atoms with Crippen LogP contribution in [0, 0.1) is 24.2 Å². The second-order valence-electron chi connectivity index (χ2n) is 3.09. The molecule has 0 atom stereocenters. The molecule has 1 heterocycles. The lowest BCUT2D eigenvalue weighted by molar-refractivity contribution is -0.0441. The molecule has 0 aliphatic carbocycles. The van der Waals surface area contributed by atoms with E-state index in [9.17, 15) is 0 Å². The largest absolute Gasteiger partial charge is 0.346 e. The zero-order valence-corrected chi connectivity index (χ0v) is 8.19. The van der Waals surface area contributed by atoms with E-state index in [0.29, 0.717) is 13.2 Å². The van der Waals surface area contributed by atoms with Crippen LogP contribution in [0.25, 0.3) is 0 Å². The molecule has 2 heteroatoms. The lowest BCUT2D eigenvalue weighted by atomic mass is 10.1. The predicted octanol–water partition coefficient (Wildman–Crippen LogP) is 1.72. The van der Waals surface area contributed by atoms with E-state index in [1.54, 1.807) is 0 Å². The summed E-state index contributed by atoms with van der Waals surface area (Å²) in [5, 5.41) is 0. The molecule has 0 N–H and O–H groups in total. The van der Waals surface area contributed by atoms with Crippen molar-refractivity contribution < 1.29 is 9.47 Å². The highest BCUT2D eigenvalue weighted by atomic mass is 16.7. The van der Waals surface area contributed by atoms with Crippen LogP contribution < -0.4 is 0 Å². The van der Waals surface area contributed by atoms with Gasteiger partial charge in [0.15, 0.2) is 6.29 Å². The first-order chi connectivity index (χ1) is 7.40. The van der Waals surface area contributed by atoms with Gasteiger partial charge in [-0.2, -0.15) is 0 Å². The van der Waals surface area contributed by atoms with Gasteiger partial charge in [-0.25, -0.2) is 0 Å². The molecule has 0 bridgehead atoms. The van der Waals surface area contributed by atoms with E-state index in [1.807, 2.05) is 24.3 Å². The van der Waals surface area contributed by atoms with Gasteiger partial charge in [-0.3, -0.25) is 0 Å². The summed E-state index contributed by atoms with van der Waals surface area (Å²) in [4.78, 5) is 0. The predicted molar refractivity (Wildman–Crippen MR) is 56.8 cm³/mol. The van der Waals surface area contributed by atoms with E-state index in [0.717, 1.165) is 11.1 Å². The average Bonchev–Trinajstić information content (AvgIpc) is 2.80. The van der Waals surface area contributed by atoms with Gasteiger partial charge in [0.05, 0.1) is 13.2 Å². The quantitative estimate of drug-likeness (QED) is 0.640. The third-order valence-corrected chi connectivity index (χ3v) is 2.08. The molecule has 1 aliphatic heterocycles. The van der Waals surface area contributed by atoms with Crippen molar-refractivity contribution in [1.29, 1.82) is 0 Å². The van der Waals surface area contributed by atoms with E-state index in [1.165, 1.54) is 0 Å². The summed E-state index contributed by atoms with van der Waals surface area (Å²) < 4.78 is 10.7. The van der Waals surface area contributed by atoms with E-state index in [4.69, 9.17) is 15.9 Å². The summed E-state index contributed by atoms with van der Waals surface area (Å²) in [5.74, 6) is 7.69. The van der Waals surface area contributed by atoms with Crippen LogP contribution in [-0.2, 0) is 9.47 Å². The summed E-state index contributed by atoms with van der Waals surface area (Å²) >= 11 is 0. The van der Waals surface area contributed by atoms with Gasteiger partial charge in [-0.05, 0) is 24.0 Å². The highest BCUT2D eigenvalue weighted by molar-refractivity contribution is 5.40. The fraction of sp³-hybridized carbons (Fsp3) is 0.231. The standard InChI is InChI=1S/C13H10O2/c1-2-3-4-11-5-7-12(8-6-11)13-14-9-10-15-13/h1,5-8,13H,9-10H2. The Hall–Kier alpha value is -1.74. The first-order valence-electron chi connectivity index (χ1n) is 4.70. The Morgan fingerprint density at radius 1 is 1.13 bits per heavy atom. The topological polar surface area (TPSA) is 18.5 Å². The molecular weight excluding hydrogens is 188 g/mol. The van der Waals surface area contributed by atoms with Crippen LogP contribution in [0.15, 0.2) is 24.3 Å². The highest BCUT2D eigenvalue weighted by Gasteiger charge is 2.17. The Balaban J connectivity index is 2.13. The summed E-state index contributed by atoms with van der Waals surface area (Å²) in [5.41, 5.74) is 1.91. The van der Waals surface area contributed by atoms with E-state index >= 15 is 0 Å². The SMILES string of the molecule is C#CC#Cc1ccc(C2OCCO2)cc1. The Morgan fingerprint density at radius 2 is 1.80 bits per heavy atom. The third-order valence-electron chi connectivity index (χ3n) is 2.08. The summed E-state index contributed by atoms with van der Waals surface area (Å²) in [7, 11) is 0. The van der Waals surface area contributed by atoms with Crippen molar-refractivity contribution in [2.45, 2.75) is 6.29 Å². The molecule has 1 aromatic rings. The van der Waals surface area contributed by atoms with Crippen LogP contribution in [0.1, 0.15) is 17.4 Å². The molecule has 0 unspecified atom stereocenters. The lowest BCUT2D eigenvalue weighted by Gasteiger charge is -2.08. The number of hydrogen-bond donors (Lipinski definition) is 0. The molecule has 1 saturated heterocycles. The van der Waals surface area contributed by atoms with Crippen LogP contribution in [0.3, 0.4) is 0 Å². The number of hydrogen-bond acceptors (Lipinski definition) is 2. The molecule has 2 rings (SSSR count). The first-order valence-corrected chi connectivity index (χ1v) is 4.70. The maximum absolute atomic E-state index is 5.37. The van der Waals surface area contributed by atoms with E-state index in [2.05, 4.69) is 17.8 Å². The summed E-state index contributed by atoms with van der Waals surface area (Å²) in [6.45, 7) is 1.31. The van der Waals surface area contributed by atoms with Crippen molar-refractivity contribution >= 4 is 0 Å². The third kappa shape index (κ3) is 2.39. The first kappa shape index (κ1) is 9.80. The van der Waals surface area contributed by atoms with Crippen molar-refractivity contribution in [2.75, 3.05) is 13.2 Å². The molecule has 1 aliphatic rings. The number of terminal acetylenes is 1. The molecule has 0 spiro atoms.